The summed E-state index contributed by atoms with van der Waals surface area (Å²) in [5, 5.41) is 0.152. The molecule has 0 radical (unpaired) electrons. The number of halogens is 3. The Bertz CT molecular complexity index is 522. The van der Waals surface area contributed by atoms with Gasteiger partial charge >= 0.3 is 0 Å². The molecule has 88 valence electrons. The molecular weight excluding hydrogens is 303 g/mol. The fourth-order valence-electron chi connectivity index (χ4n) is 1.63. The normalized spacial score (nSPS) is 12.5. The van der Waals surface area contributed by atoms with Crippen LogP contribution < -0.4 is 0 Å². The first-order valence-corrected chi connectivity index (χ1v) is 6.53. The number of aryl methyl sites for hydroxylation is 1. The summed E-state index contributed by atoms with van der Waals surface area (Å²) >= 11 is 9.28. The predicted molar refractivity (Wildman–Crippen MR) is 73.4 cm³/mol. The van der Waals surface area contributed by atoms with Crippen LogP contribution in [-0.4, -0.2) is 0 Å². The van der Waals surface area contributed by atoms with Gasteiger partial charge in [-0.25, -0.2) is 4.39 Å². The van der Waals surface area contributed by atoms with E-state index in [1.165, 1.54) is 5.56 Å². The lowest BCUT2D eigenvalue weighted by molar-refractivity contribution is 0.614. The Kier molecular flexibility index (Phi) is 3.85. The van der Waals surface area contributed by atoms with Crippen LogP contribution >= 0.6 is 27.5 Å². The molecule has 0 aliphatic carbocycles. The van der Waals surface area contributed by atoms with Gasteiger partial charge in [0.2, 0.25) is 0 Å². The van der Waals surface area contributed by atoms with Crippen LogP contribution in [0.25, 0.3) is 0 Å². The fraction of sp³-hybridized carbons (Fsp3) is 0.143. The maximum absolute atomic E-state index is 13.9. The van der Waals surface area contributed by atoms with Crippen LogP contribution in [0.4, 0.5) is 4.39 Å². The zero-order valence-electron chi connectivity index (χ0n) is 9.25. The lowest BCUT2D eigenvalue weighted by Gasteiger charge is -2.12. The summed E-state index contributed by atoms with van der Waals surface area (Å²) in [6.45, 7) is 2.02. The monoisotopic (exact) mass is 312 g/mol. The number of benzene rings is 2. The third-order valence-corrected chi connectivity index (χ3v) is 3.94. The molecule has 2 aromatic rings. The number of hydrogen-bond donors (Lipinski definition) is 0. The second-order valence-corrected chi connectivity index (χ2v) is 5.24. The van der Waals surface area contributed by atoms with E-state index in [0.29, 0.717) is 5.56 Å². The van der Waals surface area contributed by atoms with E-state index in [-0.39, 0.29) is 15.7 Å². The van der Waals surface area contributed by atoms with Gasteiger partial charge in [-0.3, -0.25) is 0 Å². The van der Waals surface area contributed by atoms with E-state index in [2.05, 4.69) is 15.9 Å². The largest absolute Gasteiger partial charge is 0.205 e. The molecule has 0 fully saturated rings. The Morgan fingerprint density at radius 2 is 1.76 bits per heavy atom. The highest BCUT2D eigenvalue weighted by Gasteiger charge is 2.16. The van der Waals surface area contributed by atoms with Gasteiger partial charge in [-0.15, -0.1) is 0 Å². The van der Waals surface area contributed by atoms with Gasteiger partial charge in [-0.1, -0.05) is 69.5 Å². The van der Waals surface area contributed by atoms with Crippen molar-refractivity contribution >= 4 is 27.5 Å². The maximum Gasteiger partial charge on any atom is 0.146 e. The van der Waals surface area contributed by atoms with Crippen molar-refractivity contribution < 1.29 is 4.39 Å². The summed E-state index contributed by atoms with van der Waals surface area (Å²) < 4.78 is 13.9. The second-order valence-electron chi connectivity index (χ2n) is 3.92. The molecule has 0 N–H and O–H groups in total. The third kappa shape index (κ3) is 2.70. The van der Waals surface area contributed by atoms with Gasteiger partial charge in [0, 0.05) is 5.56 Å². The summed E-state index contributed by atoms with van der Waals surface area (Å²) in [5.41, 5.74) is 2.75. The molecule has 0 nitrogen and oxygen atoms in total. The number of rotatable bonds is 2. The van der Waals surface area contributed by atoms with Crippen LogP contribution in [0, 0.1) is 12.7 Å². The quantitative estimate of drug-likeness (QED) is 0.662. The average molecular weight is 314 g/mol. The minimum atomic E-state index is -0.364. The molecule has 0 spiro atoms. The molecule has 0 bridgehead atoms. The third-order valence-electron chi connectivity index (χ3n) is 2.62. The van der Waals surface area contributed by atoms with Crippen molar-refractivity contribution in [3.05, 3.63) is 70.0 Å². The molecular formula is C14H11BrClF. The Hall–Kier alpha value is -0.860. The molecule has 0 heterocycles. The maximum atomic E-state index is 13.9. The summed E-state index contributed by atoms with van der Waals surface area (Å²) in [5.74, 6) is -0.364. The smallest absolute Gasteiger partial charge is 0.146 e. The van der Waals surface area contributed by atoms with Gasteiger partial charge in [0.25, 0.3) is 0 Å². The van der Waals surface area contributed by atoms with Crippen molar-refractivity contribution in [2.75, 3.05) is 0 Å². The minimum Gasteiger partial charge on any atom is -0.205 e. The Balaban J connectivity index is 2.40. The number of alkyl halides is 1. The van der Waals surface area contributed by atoms with Crippen LogP contribution in [0.1, 0.15) is 21.5 Å². The molecule has 3 heteroatoms. The molecule has 1 atom stereocenters. The molecule has 0 aliphatic rings. The first-order valence-electron chi connectivity index (χ1n) is 5.24. The van der Waals surface area contributed by atoms with Crippen molar-refractivity contribution in [3.8, 4) is 0 Å². The second kappa shape index (κ2) is 5.19. The lowest BCUT2D eigenvalue weighted by atomic mass is 10.0. The van der Waals surface area contributed by atoms with Gasteiger partial charge in [0.1, 0.15) is 5.82 Å². The summed E-state index contributed by atoms with van der Waals surface area (Å²) in [7, 11) is 0. The van der Waals surface area contributed by atoms with Crippen molar-refractivity contribution in [2.24, 2.45) is 0 Å². The van der Waals surface area contributed by atoms with Gasteiger partial charge in [0.05, 0.1) is 9.85 Å². The molecule has 2 rings (SSSR count). The fourth-order valence-corrected chi connectivity index (χ4v) is 2.47. The van der Waals surface area contributed by atoms with Crippen LogP contribution in [0.15, 0.2) is 42.5 Å². The van der Waals surface area contributed by atoms with Gasteiger partial charge in [0.15, 0.2) is 0 Å². The van der Waals surface area contributed by atoms with Crippen LogP contribution in [-0.2, 0) is 0 Å². The van der Waals surface area contributed by atoms with Crippen LogP contribution in [0.3, 0.4) is 0 Å². The first-order chi connectivity index (χ1) is 8.09. The van der Waals surface area contributed by atoms with Gasteiger partial charge in [-0.2, -0.15) is 0 Å². The summed E-state index contributed by atoms with van der Waals surface area (Å²) in [6, 6.07) is 13.0. The predicted octanol–water partition coefficient (Wildman–Crippen LogP) is 5.27. The van der Waals surface area contributed by atoms with Crippen LogP contribution in [0.2, 0.25) is 5.02 Å². The van der Waals surface area contributed by atoms with E-state index >= 15 is 0 Å². The Morgan fingerprint density at radius 3 is 2.41 bits per heavy atom. The SMILES string of the molecule is Cc1ccc(C(Br)c2cccc(Cl)c2F)cc1. The molecule has 0 saturated heterocycles. The van der Waals surface area contributed by atoms with E-state index in [4.69, 9.17) is 11.6 Å². The Morgan fingerprint density at radius 1 is 1.12 bits per heavy atom. The van der Waals surface area contributed by atoms with E-state index in [1.54, 1.807) is 18.2 Å². The van der Waals surface area contributed by atoms with E-state index in [9.17, 15) is 4.39 Å². The summed E-state index contributed by atoms with van der Waals surface area (Å²) in [6.07, 6.45) is 0. The molecule has 0 amide bonds. The van der Waals surface area contributed by atoms with Crippen molar-refractivity contribution in [3.63, 3.8) is 0 Å². The molecule has 2 aromatic carbocycles. The zero-order valence-corrected chi connectivity index (χ0v) is 11.6. The Labute approximate surface area is 114 Å². The van der Waals surface area contributed by atoms with E-state index in [0.717, 1.165) is 5.56 Å². The molecule has 0 aromatic heterocycles. The first kappa shape index (κ1) is 12.6. The van der Waals surface area contributed by atoms with Crippen molar-refractivity contribution in [1.82, 2.24) is 0 Å². The lowest BCUT2D eigenvalue weighted by Crippen LogP contribution is -1.97. The van der Waals surface area contributed by atoms with Gasteiger partial charge < -0.3 is 0 Å². The van der Waals surface area contributed by atoms with Crippen molar-refractivity contribution in [1.29, 1.82) is 0 Å². The molecule has 0 aliphatic heterocycles. The zero-order chi connectivity index (χ0) is 12.4. The molecule has 0 saturated carbocycles. The summed E-state index contributed by atoms with van der Waals surface area (Å²) in [4.78, 5) is -0.179. The number of hydrogen-bond acceptors (Lipinski definition) is 0. The van der Waals surface area contributed by atoms with Crippen LogP contribution in [0.5, 0.6) is 0 Å². The highest BCUT2D eigenvalue weighted by atomic mass is 79.9. The average Bonchev–Trinajstić information content (AvgIpc) is 2.33. The van der Waals surface area contributed by atoms with Crippen molar-refractivity contribution in [2.45, 2.75) is 11.8 Å². The van der Waals surface area contributed by atoms with Gasteiger partial charge in [-0.05, 0) is 18.6 Å². The van der Waals surface area contributed by atoms with E-state index < -0.39 is 0 Å². The van der Waals surface area contributed by atoms with E-state index in [1.807, 2.05) is 31.2 Å². The highest BCUT2D eigenvalue weighted by molar-refractivity contribution is 9.09. The minimum absolute atomic E-state index is 0.152. The highest BCUT2D eigenvalue weighted by Crippen LogP contribution is 2.34. The molecule has 1 unspecified atom stereocenters. The topological polar surface area (TPSA) is 0 Å². The standard InChI is InChI=1S/C14H11BrClF/c1-9-5-7-10(8-6-9)13(15)11-3-2-4-12(16)14(11)17/h2-8,13H,1H3. The molecule has 17 heavy (non-hydrogen) atoms.